The molecule has 0 aromatic heterocycles. The molecule has 0 bridgehead atoms. The van der Waals surface area contributed by atoms with Crippen LogP contribution in [-0.2, 0) is 4.74 Å². The molecular formula is C14H27N3OS. The zero-order valence-electron chi connectivity index (χ0n) is 11.8. The lowest BCUT2D eigenvalue weighted by molar-refractivity contribution is 0.0376. The highest BCUT2D eigenvalue weighted by Crippen LogP contribution is 2.17. The van der Waals surface area contributed by atoms with E-state index in [4.69, 9.17) is 17.0 Å². The Morgan fingerprint density at radius 1 is 1.16 bits per heavy atom. The summed E-state index contributed by atoms with van der Waals surface area (Å²) in [5.74, 6) is 0. The molecule has 2 aliphatic rings. The van der Waals surface area contributed by atoms with Crippen LogP contribution in [0.15, 0.2) is 0 Å². The smallest absolute Gasteiger partial charge is 0.166 e. The molecule has 4 nitrogen and oxygen atoms in total. The van der Waals surface area contributed by atoms with Gasteiger partial charge in [-0.3, -0.25) is 4.90 Å². The molecule has 5 heteroatoms. The maximum Gasteiger partial charge on any atom is 0.166 e. The van der Waals surface area contributed by atoms with E-state index in [1.807, 2.05) is 0 Å². The maximum atomic E-state index is 5.35. The quantitative estimate of drug-likeness (QED) is 0.591. The van der Waals surface area contributed by atoms with Crippen LogP contribution in [0.4, 0.5) is 0 Å². The number of morpholine rings is 1. The molecule has 1 aliphatic carbocycles. The molecule has 0 unspecified atom stereocenters. The molecule has 1 saturated carbocycles. The molecule has 0 atom stereocenters. The highest BCUT2D eigenvalue weighted by molar-refractivity contribution is 7.80. The molecule has 0 amide bonds. The van der Waals surface area contributed by atoms with Crippen LogP contribution in [0.2, 0.25) is 0 Å². The molecule has 0 aromatic rings. The van der Waals surface area contributed by atoms with Crippen LogP contribution in [0.1, 0.15) is 38.5 Å². The molecular weight excluding hydrogens is 258 g/mol. The van der Waals surface area contributed by atoms with Crippen LogP contribution in [-0.4, -0.2) is 55.4 Å². The topological polar surface area (TPSA) is 36.5 Å². The highest BCUT2D eigenvalue weighted by atomic mass is 32.1. The lowest BCUT2D eigenvalue weighted by atomic mass is 9.96. The van der Waals surface area contributed by atoms with Crippen molar-refractivity contribution in [3.05, 3.63) is 0 Å². The molecule has 19 heavy (non-hydrogen) atoms. The van der Waals surface area contributed by atoms with E-state index in [0.717, 1.165) is 50.9 Å². The molecule has 2 fully saturated rings. The summed E-state index contributed by atoms with van der Waals surface area (Å²) in [6.07, 6.45) is 7.77. The zero-order chi connectivity index (χ0) is 13.3. The Bertz CT molecular complexity index is 263. The monoisotopic (exact) mass is 285 g/mol. The lowest BCUT2D eigenvalue weighted by Crippen LogP contribution is -2.43. The van der Waals surface area contributed by atoms with Gasteiger partial charge < -0.3 is 15.4 Å². The predicted molar refractivity (Wildman–Crippen MR) is 82.5 cm³/mol. The van der Waals surface area contributed by atoms with Crippen molar-refractivity contribution in [2.24, 2.45) is 0 Å². The van der Waals surface area contributed by atoms with E-state index in [1.165, 1.54) is 32.1 Å². The first-order valence-corrected chi connectivity index (χ1v) is 8.10. The molecule has 2 rings (SSSR count). The second kappa shape index (κ2) is 8.72. The van der Waals surface area contributed by atoms with Gasteiger partial charge in [0.1, 0.15) is 0 Å². The number of hydrogen-bond acceptors (Lipinski definition) is 3. The van der Waals surface area contributed by atoms with E-state index in [2.05, 4.69) is 15.5 Å². The van der Waals surface area contributed by atoms with Crippen molar-refractivity contribution >= 4 is 17.3 Å². The fourth-order valence-corrected chi connectivity index (χ4v) is 3.08. The number of nitrogens with one attached hydrogen (secondary N) is 2. The number of thiocarbonyl (C=S) groups is 1. The first kappa shape index (κ1) is 15.0. The van der Waals surface area contributed by atoms with Gasteiger partial charge >= 0.3 is 0 Å². The molecule has 0 radical (unpaired) electrons. The van der Waals surface area contributed by atoms with E-state index < -0.39 is 0 Å². The molecule has 110 valence electrons. The van der Waals surface area contributed by atoms with Gasteiger partial charge in [0.2, 0.25) is 0 Å². The standard InChI is InChI=1S/C14H27N3OS/c19-14(16-13-5-2-1-3-6-13)15-7-4-8-17-9-11-18-12-10-17/h13H,1-12H2,(H2,15,16,19). The number of ether oxygens (including phenoxy) is 1. The second-order valence-electron chi connectivity index (χ2n) is 5.54. The van der Waals surface area contributed by atoms with Gasteiger partial charge in [0.05, 0.1) is 13.2 Å². The normalized spacial score (nSPS) is 22.1. The fraction of sp³-hybridized carbons (Fsp3) is 0.929. The van der Waals surface area contributed by atoms with E-state index >= 15 is 0 Å². The third-order valence-corrected chi connectivity index (χ3v) is 4.24. The van der Waals surface area contributed by atoms with E-state index in [0.29, 0.717) is 6.04 Å². The summed E-state index contributed by atoms with van der Waals surface area (Å²) in [5.41, 5.74) is 0. The second-order valence-corrected chi connectivity index (χ2v) is 5.95. The van der Waals surface area contributed by atoms with Crippen LogP contribution in [0.25, 0.3) is 0 Å². The SMILES string of the molecule is S=C(NCCCN1CCOCC1)NC1CCCCC1. The lowest BCUT2D eigenvalue weighted by Gasteiger charge is -2.27. The Kier molecular flexibility index (Phi) is 6.88. The van der Waals surface area contributed by atoms with Crippen molar-refractivity contribution in [3.8, 4) is 0 Å². The summed E-state index contributed by atoms with van der Waals surface area (Å²) in [6, 6.07) is 0.605. The number of rotatable bonds is 5. The van der Waals surface area contributed by atoms with E-state index in [-0.39, 0.29) is 0 Å². The van der Waals surface area contributed by atoms with Gasteiger partial charge in [-0.25, -0.2) is 0 Å². The summed E-state index contributed by atoms with van der Waals surface area (Å²) >= 11 is 5.35. The predicted octanol–water partition coefficient (Wildman–Crippen LogP) is 1.51. The van der Waals surface area contributed by atoms with Crippen molar-refractivity contribution in [3.63, 3.8) is 0 Å². The van der Waals surface area contributed by atoms with Gasteiger partial charge in [0.25, 0.3) is 0 Å². The molecule has 1 saturated heterocycles. The summed E-state index contributed by atoms with van der Waals surface area (Å²) in [4.78, 5) is 2.46. The van der Waals surface area contributed by atoms with Crippen LogP contribution in [0, 0.1) is 0 Å². The van der Waals surface area contributed by atoms with Crippen LogP contribution >= 0.6 is 12.2 Å². The first-order valence-electron chi connectivity index (χ1n) is 7.69. The van der Waals surface area contributed by atoms with Gasteiger partial charge in [-0.15, -0.1) is 0 Å². The average molecular weight is 285 g/mol. The Balaban J connectivity index is 1.48. The fourth-order valence-electron chi connectivity index (χ4n) is 2.81. The van der Waals surface area contributed by atoms with Gasteiger partial charge in [-0.2, -0.15) is 0 Å². The average Bonchev–Trinajstić information content (AvgIpc) is 2.46. The van der Waals surface area contributed by atoms with Gasteiger partial charge in [0, 0.05) is 25.7 Å². The number of nitrogens with zero attached hydrogens (tertiary/aromatic N) is 1. The summed E-state index contributed by atoms with van der Waals surface area (Å²) in [5, 5.41) is 7.62. The summed E-state index contributed by atoms with van der Waals surface area (Å²) in [7, 11) is 0. The van der Waals surface area contributed by atoms with E-state index in [1.54, 1.807) is 0 Å². The minimum Gasteiger partial charge on any atom is -0.379 e. The molecule has 1 aliphatic heterocycles. The van der Waals surface area contributed by atoms with Crippen LogP contribution in [0.5, 0.6) is 0 Å². The first-order chi connectivity index (χ1) is 9.34. The van der Waals surface area contributed by atoms with Crippen molar-refractivity contribution in [1.82, 2.24) is 15.5 Å². The van der Waals surface area contributed by atoms with Crippen molar-refractivity contribution < 1.29 is 4.74 Å². The van der Waals surface area contributed by atoms with Crippen LogP contribution in [0.3, 0.4) is 0 Å². The molecule has 2 N–H and O–H groups in total. The minimum atomic E-state index is 0.605. The molecule has 0 spiro atoms. The summed E-state index contributed by atoms with van der Waals surface area (Å²) < 4.78 is 5.34. The Hall–Kier alpha value is -0.390. The number of hydrogen-bond donors (Lipinski definition) is 2. The Morgan fingerprint density at radius 3 is 2.63 bits per heavy atom. The van der Waals surface area contributed by atoms with Crippen molar-refractivity contribution in [2.75, 3.05) is 39.4 Å². The third-order valence-electron chi connectivity index (χ3n) is 3.98. The minimum absolute atomic E-state index is 0.605. The molecule has 1 heterocycles. The van der Waals surface area contributed by atoms with Gasteiger partial charge in [0.15, 0.2) is 5.11 Å². The van der Waals surface area contributed by atoms with Gasteiger partial charge in [-0.05, 0) is 38.0 Å². The van der Waals surface area contributed by atoms with Gasteiger partial charge in [-0.1, -0.05) is 19.3 Å². The third kappa shape index (κ3) is 6.06. The summed E-state index contributed by atoms with van der Waals surface area (Å²) in [6.45, 7) is 6.03. The Morgan fingerprint density at radius 2 is 1.89 bits per heavy atom. The Labute approximate surface area is 122 Å². The van der Waals surface area contributed by atoms with Crippen molar-refractivity contribution in [2.45, 2.75) is 44.6 Å². The van der Waals surface area contributed by atoms with Crippen LogP contribution < -0.4 is 10.6 Å². The molecule has 0 aromatic carbocycles. The van der Waals surface area contributed by atoms with E-state index in [9.17, 15) is 0 Å². The largest absolute Gasteiger partial charge is 0.379 e. The highest BCUT2D eigenvalue weighted by Gasteiger charge is 2.14. The zero-order valence-corrected chi connectivity index (χ0v) is 12.6. The van der Waals surface area contributed by atoms with Crippen molar-refractivity contribution in [1.29, 1.82) is 0 Å². The maximum absolute atomic E-state index is 5.35.